The SMILES string of the molecule is Cc1ccc(-n2nc(C)c3c2NC(=O)CS[C@@H]3c2cccc(F)c2)cc1. The highest BCUT2D eigenvalue weighted by atomic mass is 32.2. The Hall–Kier alpha value is -2.60. The lowest BCUT2D eigenvalue weighted by atomic mass is 10.0. The zero-order valence-corrected chi connectivity index (χ0v) is 15.3. The molecule has 0 unspecified atom stereocenters. The molecule has 3 aromatic rings. The van der Waals surface area contributed by atoms with Crippen LogP contribution in [0.4, 0.5) is 10.2 Å². The zero-order chi connectivity index (χ0) is 18.3. The number of nitrogens with one attached hydrogen (secondary N) is 1. The topological polar surface area (TPSA) is 46.9 Å². The first-order chi connectivity index (χ1) is 12.5. The number of halogens is 1. The van der Waals surface area contributed by atoms with Gasteiger partial charge in [-0.2, -0.15) is 5.10 Å². The Balaban J connectivity index is 1.89. The Morgan fingerprint density at radius 3 is 2.69 bits per heavy atom. The highest BCUT2D eigenvalue weighted by Gasteiger charge is 2.30. The number of carbonyl (C=O) groups excluding carboxylic acids is 1. The second-order valence-corrected chi connectivity index (χ2v) is 7.48. The number of benzene rings is 2. The van der Waals surface area contributed by atoms with Crippen molar-refractivity contribution in [3.05, 3.63) is 76.7 Å². The maximum absolute atomic E-state index is 13.8. The molecule has 6 heteroatoms. The lowest BCUT2D eigenvalue weighted by Gasteiger charge is -2.15. The van der Waals surface area contributed by atoms with Crippen LogP contribution < -0.4 is 5.32 Å². The Labute approximate surface area is 155 Å². The smallest absolute Gasteiger partial charge is 0.235 e. The summed E-state index contributed by atoms with van der Waals surface area (Å²) in [4.78, 5) is 12.3. The zero-order valence-electron chi connectivity index (χ0n) is 14.5. The van der Waals surface area contributed by atoms with Crippen molar-refractivity contribution in [2.24, 2.45) is 0 Å². The van der Waals surface area contributed by atoms with Crippen LogP contribution in [-0.2, 0) is 4.79 Å². The van der Waals surface area contributed by atoms with E-state index in [-0.39, 0.29) is 17.0 Å². The fourth-order valence-electron chi connectivity index (χ4n) is 3.19. The summed E-state index contributed by atoms with van der Waals surface area (Å²) in [5, 5.41) is 7.49. The van der Waals surface area contributed by atoms with Gasteiger partial charge in [-0.25, -0.2) is 9.07 Å². The lowest BCUT2D eigenvalue weighted by molar-refractivity contribution is -0.113. The van der Waals surface area contributed by atoms with Crippen LogP contribution in [0.1, 0.15) is 27.6 Å². The van der Waals surface area contributed by atoms with E-state index in [1.807, 2.05) is 44.2 Å². The van der Waals surface area contributed by atoms with Gasteiger partial charge in [0.1, 0.15) is 11.6 Å². The van der Waals surface area contributed by atoms with Crippen molar-refractivity contribution in [1.29, 1.82) is 0 Å². The van der Waals surface area contributed by atoms with Crippen molar-refractivity contribution < 1.29 is 9.18 Å². The first-order valence-corrected chi connectivity index (χ1v) is 9.41. The molecule has 1 atom stereocenters. The maximum Gasteiger partial charge on any atom is 0.235 e. The third-order valence-corrected chi connectivity index (χ3v) is 5.71. The number of nitrogens with zero attached hydrogens (tertiary/aromatic N) is 2. The molecule has 1 aliphatic rings. The fourth-order valence-corrected chi connectivity index (χ4v) is 4.37. The van der Waals surface area contributed by atoms with Crippen LogP contribution in [0.3, 0.4) is 0 Å². The number of hydrogen-bond acceptors (Lipinski definition) is 3. The number of aromatic nitrogens is 2. The summed E-state index contributed by atoms with van der Waals surface area (Å²) in [7, 11) is 0. The summed E-state index contributed by atoms with van der Waals surface area (Å²) < 4.78 is 15.5. The Kier molecular flexibility index (Phi) is 4.28. The number of rotatable bonds is 2. The molecule has 0 saturated carbocycles. The predicted octanol–water partition coefficient (Wildman–Crippen LogP) is 4.40. The van der Waals surface area contributed by atoms with Gasteiger partial charge in [0.05, 0.1) is 22.4 Å². The summed E-state index contributed by atoms with van der Waals surface area (Å²) >= 11 is 1.49. The summed E-state index contributed by atoms with van der Waals surface area (Å²) in [6.07, 6.45) is 0. The number of amides is 1. The number of thioether (sulfide) groups is 1. The molecule has 2 aromatic carbocycles. The van der Waals surface area contributed by atoms with E-state index >= 15 is 0 Å². The highest BCUT2D eigenvalue weighted by Crippen LogP contribution is 2.43. The van der Waals surface area contributed by atoms with Crippen LogP contribution in [0, 0.1) is 19.7 Å². The lowest BCUT2D eigenvalue weighted by Crippen LogP contribution is -2.15. The summed E-state index contributed by atoms with van der Waals surface area (Å²) in [6, 6.07) is 14.5. The van der Waals surface area contributed by atoms with Gasteiger partial charge in [0, 0.05) is 5.56 Å². The van der Waals surface area contributed by atoms with Crippen LogP contribution in [0.5, 0.6) is 0 Å². The van der Waals surface area contributed by atoms with Gasteiger partial charge in [0.2, 0.25) is 5.91 Å². The predicted molar refractivity (Wildman–Crippen MR) is 102 cm³/mol. The minimum absolute atomic E-state index is 0.0802. The van der Waals surface area contributed by atoms with Crippen molar-refractivity contribution in [2.75, 3.05) is 11.1 Å². The van der Waals surface area contributed by atoms with Crippen LogP contribution >= 0.6 is 11.8 Å². The first kappa shape index (κ1) is 16.8. The Bertz CT molecular complexity index is 981. The number of hydrogen-bond donors (Lipinski definition) is 1. The van der Waals surface area contributed by atoms with Crippen molar-refractivity contribution in [1.82, 2.24) is 9.78 Å². The Morgan fingerprint density at radius 1 is 1.19 bits per heavy atom. The minimum Gasteiger partial charge on any atom is -0.310 e. The van der Waals surface area contributed by atoms with E-state index in [0.717, 1.165) is 28.1 Å². The fraction of sp³-hybridized carbons (Fsp3) is 0.200. The van der Waals surface area contributed by atoms with Gasteiger partial charge in [-0.3, -0.25) is 4.79 Å². The quantitative estimate of drug-likeness (QED) is 0.730. The molecule has 0 spiro atoms. The van der Waals surface area contributed by atoms with Gasteiger partial charge in [0.25, 0.3) is 0 Å². The minimum atomic E-state index is -0.281. The molecule has 4 nitrogen and oxygen atoms in total. The number of carbonyl (C=O) groups is 1. The van der Waals surface area contributed by atoms with Crippen LogP contribution in [0.2, 0.25) is 0 Å². The van der Waals surface area contributed by atoms with Gasteiger partial charge in [-0.1, -0.05) is 29.8 Å². The van der Waals surface area contributed by atoms with Gasteiger partial charge in [-0.15, -0.1) is 11.8 Å². The van der Waals surface area contributed by atoms with Gasteiger partial charge in [-0.05, 0) is 43.7 Å². The van der Waals surface area contributed by atoms with Crippen molar-refractivity contribution in [2.45, 2.75) is 19.1 Å². The highest BCUT2D eigenvalue weighted by molar-refractivity contribution is 8.00. The molecule has 1 aliphatic heterocycles. The molecule has 1 aromatic heterocycles. The molecule has 0 saturated heterocycles. The number of fused-ring (bicyclic) bond motifs is 1. The standard InChI is InChI=1S/C20H18FN3OS/c1-12-6-8-16(9-7-12)24-20-18(13(2)23-24)19(26-11-17(25)22-20)14-4-3-5-15(21)10-14/h3-10,19H,11H2,1-2H3,(H,22,25)/t19-/m1/s1. The van der Waals surface area contributed by atoms with E-state index in [0.29, 0.717) is 11.6 Å². The van der Waals surface area contributed by atoms with E-state index in [4.69, 9.17) is 0 Å². The summed E-state index contributed by atoms with van der Waals surface area (Å²) in [5.41, 5.74) is 4.61. The van der Waals surface area contributed by atoms with Crippen LogP contribution in [-0.4, -0.2) is 21.4 Å². The van der Waals surface area contributed by atoms with Crippen LogP contribution in [0.15, 0.2) is 48.5 Å². The van der Waals surface area contributed by atoms with E-state index in [9.17, 15) is 9.18 Å². The Morgan fingerprint density at radius 2 is 1.96 bits per heavy atom. The first-order valence-electron chi connectivity index (χ1n) is 8.36. The second kappa shape index (κ2) is 6.61. The summed E-state index contributed by atoms with van der Waals surface area (Å²) in [6.45, 7) is 3.95. The third kappa shape index (κ3) is 3.01. The molecule has 0 bridgehead atoms. The molecule has 1 N–H and O–H groups in total. The number of aryl methyl sites for hydroxylation is 2. The van der Waals surface area contributed by atoms with Crippen LogP contribution in [0.25, 0.3) is 5.69 Å². The maximum atomic E-state index is 13.8. The largest absolute Gasteiger partial charge is 0.310 e. The monoisotopic (exact) mass is 367 g/mol. The molecule has 2 heterocycles. The van der Waals surface area contributed by atoms with Gasteiger partial charge >= 0.3 is 0 Å². The molecule has 132 valence electrons. The molecule has 0 fully saturated rings. The molecule has 1 amide bonds. The van der Waals surface area contributed by atoms with Crippen molar-refractivity contribution in [3.63, 3.8) is 0 Å². The third-order valence-electron chi connectivity index (χ3n) is 4.44. The van der Waals surface area contributed by atoms with Gasteiger partial charge < -0.3 is 5.32 Å². The summed E-state index contributed by atoms with van der Waals surface area (Å²) in [5.74, 6) is 0.610. The molecule has 0 radical (unpaired) electrons. The molecule has 4 rings (SSSR count). The second-order valence-electron chi connectivity index (χ2n) is 6.39. The average Bonchev–Trinajstić information content (AvgIpc) is 2.82. The van der Waals surface area contributed by atoms with Crippen molar-refractivity contribution >= 4 is 23.5 Å². The van der Waals surface area contributed by atoms with Crippen molar-refractivity contribution in [3.8, 4) is 5.69 Å². The molecule has 26 heavy (non-hydrogen) atoms. The van der Waals surface area contributed by atoms with Gasteiger partial charge in [0.15, 0.2) is 0 Å². The normalized spacial score (nSPS) is 16.7. The molecule has 0 aliphatic carbocycles. The average molecular weight is 367 g/mol. The molecular formula is C20H18FN3OS. The van der Waals surface area contributed by atoms with E-state index in [1.54, 1.807) is 10.7 Å². The van der Waals surface area contributed by atoms with E-state index in [1.165, 1.54) is 23.9 Å². The van der Waals surface area contributed by atoms with E-state index < -0.39 is 0 Å². The molecular weight excluding hydrogens is 349 g/mol. The number of anilines is 1. The van der Waals surface area contributed by atoms with E-state index in [2.05, 4.69) is 10.4 Å².